The van der Waals surface area contributed by atoms with E-state index in [2.05, 4.69) is 4.98 Å². The first-order valence-electron chi connectivity index (χ1n) is 8.50. The summed E-state index contributed by atoms with van der Waals surface area (Å²) in [6.07, 6.45) is 0.182. The molecule has 1 amide bonds. The fraction of sp³-hybridized carbons (Fsp3) is 0.211. The summed E-state index contributed by atoms with van der Waals surface area (Å²) >= 11 is 0. The summed E-state index contributed by atoms with van der Waals surface area (Å²) in [5.74, 6) is -4.44. The van der Waals surface area contributed by atoms with Crippen molar-refractivity contribution in [2.24, 2.45) is 5.73 Å². The average molecular weight is 406 g/mol. The Morgan fingerprint density at radius 1 is 1.28 bits per heavy atom. The van der Waals surface area contributed by atoms with E-state index in [9.17, 15) is 27.9 Å². The number of hydrogen-bond donors (Lipinski definition) is 2. The first kappa shape index (κ1) is 20.3. The lowest BCUT2D eigenvalue weighted by atomic mass is 10.1. The summed E-state index contributed by atoms with van der Waals surface area (Å²) < 4.78 is 43.0. The number of pyridine rings is 2. The summed E-state index contributed by atoms with van der Waals surface area (Å²) in [5, 5.41) is 9.45. The van der Waals surface area contributed by atoms with Crippen LogP contribution < -0.4 is 16.1 Å². The fourth-order valence-corrected chi connectivity index (χ4v) is 3.01. The van der Waals surface area contributed by atoms with Gasteiger partial charge in [-0.2, -0.15) is 0 Å². The Balaban J connectivity index is 2.39. The number of rotatable bonds is 5. The minimum atomic E-state index is -1.26. The summed E-state index contributed by atoms with van der Waals surface area (Å²) in [6.45, 7) is 1.76. The van der Waals surface area contributed by atoms with Crippen LogP contribution in [0.2, 0.25) is 0 Å². The van der Waals surface area contributed by atoms with Crippen molar-refractivity contribution >= 4 is 22.8 Å². The first-order valence-corrected chi connectivity index (χ1v) is 8.50. The highest BCUT2D eigenvalue weighted by molar-refractivity contribution is 5.96. The summed E-state index contributed by atoms with van der Waals surface area (Å²) in [7, 11) is 1.63. The third-order valence-electron chi connectivity index (χ3n) is 4.25. The molecule has 2 heterocycles. The Kier molecular flexibility index (Phi) is 5.29. The second kappa shape index (κ2) is 7.55. The maximum atomic E-state index is 14.4. The molecule has 10 heteroatoms. The lowest BCUT2D eigenvalue weighted by Gasteiger charge is -2.21. The summed E-state index contributed by atoms with van der Waals surface area (Å²) in [5.41, 5.74) is 3.07. The second-order valence-corrected chi connectivity index (χ2v) is 6.59. The Morgan fingerprint density at radius 2 is 1.90 bits per heavy atom. The van der Waals surface area contributed by atoms with Crippen molar-refractivity contribution in [1.82, 2.24) is 9.55 Å². The minimum absolute atomic E-state index is 0.112. The molecular formula is C19H17F3N4O3. The topological polar surface area (TPSA) is 101 Å². The molecule has 1 aromatic carbocycles. The molecule has 3 N–H and O–H groups in total. The molecule has 2 aromatic heterocycles. The van der Waals surface area contributed by atoms with Crippen LogP contribution in [0.5, 0.6) is 0 Å². The number of nitrogens with zero attached hydrogens (tertiary/aromatic N) is 3. The number of halogens is 3. The van der Waals surface area contributed by atoms with Crippen molar-refractivity contribution < 1.29 is 23.1 Å². The van der Waals surface area contributed by atoms with Crippen LogP contribution in [0.4, 0.5) is 19.0 Å². The number of aliphatic hydroxyl groups is 1. The molecule has 3 rings (SSSR count). The van der Waals surface area contributed by atoms with E-state index < -0.39 is 46.1 Å². The molecule has 1 atom stereocenters. The minimum Gasteiger partial charge on any atom is -0.392 e. The number of likely N-dealkylation sites (N-methyl/N-ethyl adjacent to an activating group) is 1. The number of benzene rings is 1. The number of anilines is 1. The lowest BCUT2D eigenvalue weighted by molar-refractivity contribution is 0.0999. The average Bonchev–Trinajstić information content (AvgIpc) is 2.61. The molecule has 152 valence electrons. The van der Waals surface area contributed by atoms with E-state index in [1.165, 1.54) is 12.1 Å². The van der Waals surface area contributed by atoms with E-state index in [0.717, 1.165) is 10.8 Å². The van der Waals surface area contributed by atoms with Crippen LogP contribution in [0.15, 0.2) is 35.3 Å². The van der Waals surface area contributed by atoms with E-state index >= 15 is 0 Å². The summed E-state index contributed by atoms with van der Waals surface area (Å²) in [4.78, 5) is 30.1. The number of hydrogen-bond acceptors (Lipinski definition) is 5. The number of carbonyl (C=O) groups excluding carboxylic acids is 1. The maximum absolute atomic E-state index is 14.4. The van der Waals surface area contributed by atoms with Gasteiger partial charge < -0.3 is 15.7 Å². The van der Waals surface area contributed by atoms with Gasteiger partial charge in [-0.25, -0.2) is 18.2 Å². The number of aromatic nitrogens is 2. The predicted octanol–water partition coefficient (Wildman–Crippen LogP) is 1.72. The normalized spacial score (nSPS) is 12.2. The number of carbonyl (C=O) groups is 1. The number of amides is 1. The molecule has 0 bridgehead atoms. The van der Waals surface area contributed by atoms with Gasteiger partial charge >= 0.3 is 0 Å². The lowest BCUT2D eigenvalue weighted by Crippen LogP contribution is -2.28. The van der Waals surface area contributed by atoms with Crippen LogP contribution in [0.1, 0.15) is 17.3 Å². The summed E-state index contributed by atoms with van der Waals surface area (Å²) in [6, 6.07) is 3.73. The molecule has 0 saturated heterocycles. The van der Waals surface area contributed by atoms with Crippen LogP contribution in [0.3, 0.4) is 0 Å². The van der Waals surface area contributed by atoms with Crippen molar-refractivity contribution in [3.05, 3.63) is 63.7 Å². The van der Waals surface area contributed by atoms with Gasteiger partial charge in [-0.1, -0.05) is 0 Å². The third kappa shape index (κ3) is 3.79. The van der Waals surface area contributed by atoms with Crippen molar-refractivity contribution in [3.63, 3.8) is 0 Å². The zero-order valence-electron chi connectivity index (χ0n) is 15.5. The van der Waals surface area contributed by atoms with E-state index in [1.54, 1.807) is 18.9 Å². The Hall–Kier alpha value is -3.40. The number of aliphatic hydroxyl groups excluding tert-OH is 1. The SMILES string of the molecule is CC(O)CN(C)c1ccc2c(=O)c(C(N)=O)cn(-c3c(F)cc(F)cc3F)c2n1. The number of nitrogens with two attached hydrogens (primary N) is 1. The van der Waals surface area contributed by atoms with Crippen molar-refractivity contribution in [1.29, 1.82) is 0 Å². The number of primary amides is 1. The van der Waals surface area contributed by atoms with E-state index in [-0.39, 0.29) is 17.6 Å². The molecule has 3 aromatic rings. The van der Waals surface area contributed by atoms with Gasteiger partial charge in [-0.3, -0.25) is 14.2 Å². The van der Waals surface area contributed by atoms with Crippen LogP contribution in [0, 0.1) is 17.5 Å². The molecule has 0 radical (unpaired) electrons. The van der Waals surface area contributed by atoms with Crippen molar-refractivity contribution in [2.45, 2.75) is 13.0 Å². The Labute approximate surface area is 162 Å². The van der Waals surface area contributed by atoms with E-state index in [4.69, 9.17) is 5.73 Å². The highest BCUT2D eigenvalue weighted by atomic mass is 19.1. The van der Waals surface area contributed by atoms with E-state index in [1.807, 2.05) is 0 Å². The predicted molar refractivity (Wildman–Crippen MR) is 101 cm³/mol. The van der Waals surface area contributed by atoms with Gasteiger partial charge in [0.1, 0.15) is 22.9 Å². The molecule has 0 aliphatic heterocycles. The second-order valence-electron chi connectivity index (χ2n) is 6.59. The fourth-order valence-electron chi connectivity index (χ4n) is 3.01. The largest absolute Gasteiger partial charge is 0.392 e. The van der Waals surface area contributed by atoms with E-state index in [0.29, 0.717) is 18.0 Å². The molecule has 1 unspecified atom stereocenters. The van der Waals surface area contributed by atoms with Gasteiger partial charge in [0.2, 0.25) is 5.43 Å². The van der Waals surface area contributed by atoms with Crippen molar-refractivity contribution in [3.8, 4) is 5.69 Å². The van der Waals surface area contributed by atoms with Crippen LogP contribution in [0.25, 0.3) is 16.7 Å². The van der Waals surface area contributed by atoms with Crippen LogP contribution in [-0.4, -0.2) is 40.3 Å². The van der Waals surface area contributed by atoms with Gasteiger partial charge in [-0.05, 0) is 19.1 Å². The van der Waals surface area contributed by atoms with Gasteiger partial charge in [0.05, 0.1) is 11.5 Å². The van der Waals surface area contributed by atoms with Gasteiger partial charge in [-0.15, -0.1) is 0 Å². The number of fused-ring (bicyclic) bond motifs is 1. The molecule has 0 spiro atoms. The standard InChI is InChI=1S/C19H17F3N4O3/c1-9(27)7-25(2)15-4-3-11-17(28)12(18(23)29)8-26(19(11)24-15)16-13(21)5-10(20)6-14(16)22/h3-6,8-9,27H,7H2,1-2H3,(H2,23,29). The zero-order valence-corrected chi connectivity index (χ0v) is 15.5. The Morgan fingerprint density at radius 3 is 2.45 bits per heavy atom. The van der Waals surface area contributed by atoms with Gasteiger partial charge in [0.15, 0.2) is 17.3 Å². The first-order chi connectivity index (χ1) is 13.6. The highest BCUT2D eigenvalue weighted by Crippen LogP contribution is 2.24. The molecule has 7 nitrogen and oxygen atoms in total. The van der Waals surface area contributed by atoms with Gasteiger partial charge in [0, 0.05) is 31.9 Å². The zero-order chi connectivity index (χ0) is 21.5. The Bertz CT molecular complexity index is 1150. The van der Waals surface area contributed by atoms with Crippen molar-refractivity contribution in [2.75, 3.05) is 18.5 Å². The molecule has 0 fully saturated rings. The smallest absolute Gasteiger partial charge is 0.254 e. The monoisotopic (exact) mass is 406 g/mol. The quantitative estimate of drug-likeness (QED) is 0.672. The molecule has 29 heavy (non-hydrogen) atoms. The van der Waals surface area contributed by atoms with Crippen LogP contribution >= 0.6 is 0 Å². The molecule has 0 saturated carbocycles. The highest BCUT2D eigenvalue weighted by Gasteiger charge is 2.21. The van der Waals surface area contributed by atoms with Gasteiger partial charge in [0.25, 0.3) is 5.91 Å². The molecular weight excluding hydrogens is 389 g/mol. The van der Waals surface area contributed by atoms with Crippen LogP contribution in [-0.2, 0) is 0 Å². The maximum Gasteiger partial charge on any atom is 0.254 e. The molecule has 0 aliphatic rings. The molecule has 0 aliphatic carbocycles. The third-order valence-corrected chi connectivity index (χ3v) is 4.25.